The van der Waals surface area contributed by atoms with Crippen molar-refractivity contribution in [2.24, 2.45) is 0 Å². The molecule has 0 aromatic heterocycles. The average Bonchev–Trinajstić information content (AvgIpc) is 2.56. The van der Waals surface area contributed by atoms with E-state index in [4.69, 9.17) is 10.00 Å². The lowest BCUT2D eigenvalue weighted by molar-refractivity contribution is 0.0470. The Hall–Kier alpha value is -2.60. The van der Waals surface area contributed by atoms with E-state index < -0.39 is 0 Å². The lowest BCUT2D eigenvalue weighted by Gasteiger charge is -2.17. The van der Waals surface area contributed by atoms with Crippen LogP contribution in [0, 0.1) is 45.9 Å². The first kappa shape index (κ1) is 16.8. The van der Waals surface area contributed by atoms with E-state index in [1.807, 2.05) is 33.8 Å². The number of nitriles is 1. The fourth-order valence-corrected chi connectivity index (χ4v) is 2.78. The van der Waals surface area contributed by atoms with Crippen molar-refractivity contribution in [1.29, 1.82) is 5.26 Å². The Bertz CT molecular complexity index is 784. The lowest BCUT2D eigenvalue weighted by atomic mass is 9.90. The second kappa shape index (κ2) is 6.66. The molecule has 23 heavy (non-hydrogen) atoms. The molecular weight excluding hydrogens is 286 g/mol. The van der Waals surface area contributed by atoms with Gasteiger partial charge in [-0.2, -0.15) is 5.26 Å². The Morgan fingerprint density at radius 3 is 2.04 bits per heavy atom. The molecule has 0 unspecified atom stereocenters. The second-order valence-corrected chi connectivity index (χ2v) is 5.85. The standard InChI is InChI=1S/C20H21NO2/c1-12-13(2)15(4)19(16(5)14(12)3)20(22)23-11-18-9-7-6-8-17(18)10-21/h6-9H,11H2,1-5H3. The molecule has 0 aliphatic carbocycles. The zero-order chi connectivity index (χ0) is 17.1. The van der Waals surface area contributed by atoms with Crippen LogP contribution in [0.15, 0.2) is 24.3 Å². The van der Waals surface area contributed by atoms with Gasteiger partial charge in [-0.1, -0.05) is 18.2 Å². The summed E-state index contributed by atoms with van der Waals surface area (Å²) in [5.74, 6) is -0.334. The molecule has 0 aliphatic heterocycles. The predicted molar refractivity (Wildman–Crippen MR) is 90.4 cm³/mol. The molecule has 0 bridgehead atoms. The monoisotopic (exact) mass is 307 g/mol. The summed E-state index contributed by atoms with van der Waals surface area (Å²) in [5.41, 5.74) is 7.28. The van der Waals surface area contributed by atoms with Gasteiger partial charge in [0.05, 0.1) is 17.2 Å². The molecule has 0 fully saturated rings. The molecule has 2 aromatic carbocycles. The minimum Gasteiger partial charge on any atom is -0.457 e. The van der Waals surface area contributed by atoms with Crippen molar-refractivity contribution in [3.8, 4) is 6.07 Å². The van der Waals surface area contributed by atoms with E-state index in [0.717, 1.165) is 27.8 Å². The molecule has 0 saturated carbocycles. The molecule has 118 valence electrons. The normalized spacial score (nSPS) is 10.3. The van der Waals surface area contributed by atoms with Crippen LogP contribution in [0.5, 0.6) is 0 Å². The Balaban J connectivity index is 2.31. The van der Waals surface area contributed by atoms with E-state index in [2.05, 4.69) is 13.0 Å². The van der Waals surface area contributed by atoms with E-state index in [1.54, 1.807) is 18.2 Å². The van der Waals surface area contributed by atoms with Crippen molar-refractivity contribution in [3.05, 3.63) is 68.8 Å². The van der Waals surface area contributed by atoms with E-state index >= 15 is 0 Å². The predicted octanol–water partition coefficient (Wildman–Crippen LogP) is 4.46. The SMILES string of the molecule is Cc1c(C)c(C)c(C(=O)OCc2ccccc2C#N)c(C)c1C. The fourth-order valence-electron chi connectivity index (χ4n) is 2.78. The summed E-state index contributed by atoms with van der Waals surface area (Å²) < 4.78 is 5.48. The number of nitrogens with zero attached hydrogens (tertiary/aromatic N) is 1. The number of carbonyl (C=O) groups excluding carboxylic acids is 1. The maximum absolute atomic E-state index is 12.6. The van der Waals surface area contributed by atoms with E-state index in [0.29, 0.717) is 11.1 Å². The Labute approximate surface area is 137 Å². The van der Waals surface area contributed by atoms with Gasteiger partial charge in [0.15, 0.2) is 0 Å². The highest BCUT2D eigenvalue weighted by molar-refractivity contribution is 5.93. The first-order valence-electron chi connectivity index (χ1n) is 7.60. The molecule has 2 rings (SSSR count). The number of rotatable bonds is 3. The summed E-state index contributed by atoms with van der Waals surface area (Å²) >= 11 is 0. The molecule has 3 nitrogen and oxygen atoms in total. The number of carbonyl (C=O) groups is 1. The maximum atomic E-state index is 12.6. The third-order valence-electron chi connectivity index (χ3n) is 4.70. The summed E-state index contributed by atoms with van der Waals surface area (Å²) in [7, 11) is 0. The minimum absolute atomic E-state index is 0.105. The quantitative estimate of drug-likeness (QED) is 0.787. The topological polar surface area (TPSA) is 50.1 Å². The molecule has 0 radical (unpaired) electrons. The van der Waals surface area contributed by atoms with Crippen LogP contribution in [0.1, 0.15) is 49.3 Å². The molecule has 0 amide bonds. The third kappa shape index (κ3) is 3.12. The molecule has 0 heterocycles. The van der Waals surface area contributed by atoms with Gasteiger partial charge in [-0.25, -0.2) is 4.79 Å². The Kier molecular flexibility index (Phi) is 4.86. The minimum atomic E-state index is -0.334. The first-order valence-corrected chi connectivity index (χ1v) is 7.60. The Morgan fingerprint density at radius 2 is 1.48 bits per heavy atom. The number of hydrogen-bond donors (Lipinski definition) is 0. The molecule has 0 N–H and O–H groups in total. The van der Waals surface area contributed by atoms with Crippen LogP contribution < -0.4 is 0 Å². The van der Waals surface area contributed by atoms with Gasteiger partial charge in [-0.05, 0) is 68.5 Å². The molecule has 0 saturated heterocycles. The molecule has 0 aliphatic rings. The second-order valence-electron chi connectivity index (χ2n) is 5.85. The smallest absolute Gasteiger partial charge is 0.339 e. The van der Waals surface area contributed by atoms with Gasteiger partial charge in [0.2, 0.25) is 0 Å². The zero-order valence-electron chi connectivity index (χ0n) is 14.3. The molecular formula is C20H21NO2. The Morgan fingerprint density at radius 1 is 0.957 bits per heavy atom. The van der Waals surface area contributed by atoms with Gasteiger partial charge in [0.1, 0.15) is 6.61 Å². The zero-order valence-corrected chi connectivity index (χ0v) is 14.3. The van der Waals surface area contributed by atoms with E-state index in [1.165, 1.54) is 5.56 Å². The molecule has 0 spiro atoms. The summed E-state index contributed by atoms with van der Waals surface area (Å²) in [5, 5.41) is 9.10. The van der Waals surface area contributed by atoms with Crippen molar-refractivity contribution in [3.63, 3.8) is 0 Å². The summed E-state index contributed by atoms with van der Waals surface area (Å²) in [6.45, 7) is 10.1. The average molecular weight is 307 g/mol. The number of benzene rings is 2. The van der Waals surface area contributed by atoms with Crippen molar-refractivity contribution in [1.82, 2.24) is 0 Å². The highest BCUT2D eigenvalue weighted by atomic mass is 16.5. The highest BCUT2D eigenvalue weighted by Gasteiger charge is 2.19. The van der Waals surface area contributed by atoms with Crippen molar-refractivity contribution in [2.45, 2.75) is 41.2 Å². The number of hydrogen-bond acceptors (Lipinski definition) is 3. The lowest BCUT2D eigenvalue weighted by Crippen LogP contribution is -2.13. The van der Waals surface area contributed by atoms with Gasteiger partial charge >= 0.3 is 5.97 Å². The van der Waals surface area contributed by atoms with E-state index in [-0.39, 0.29) is 12.6 Å². The van der Waals surface area contributed by atoms with Gasteiger partial charge in [0.25, 0.3) is 0 Å². The first-order chi connectivity index (χ1) is 10.9. The maximum Gasteiger partial charge on any atom is 0.339 e. The molecule has 0 atom stereocenters. The number of ether oxygens (including phenoxy) is 1. The van der Waals surface area contributed by atoms with Crippen LogP contribution in [0.4, 0.5) is 0 Å². The fraction of sp³-hybridized carbons (Fsp3) is 0.300. The summed E-state index contributed by atoms with van der Waals surface area (Å²) in [6, 6.07) is 9.27. The van der Waals surface area contributed by atoms with Crippen LogP contribution in [0.2, 0.25) is 0 Å². The third-order valence-corrected chi connectivity index (χ3v) is 4.70. The van der Waals surface area contributed by atoms with Crippen LogP contribution in [0.25, 0.3) is 0 Å². The summed E-state index contributed by atoms with van der Waals surface area (Å²) in [4.78, 5) is 12.6. The van der Waals surface area contributed by atoms with Gasteiger partial charge in [-0.15, -0.1) is 0 Å². The van der Waals surface area contributed by atoms with Gasteiger partial charge < -0.3 is 4.74 Å². The molecule has 2 aromatic rings. The number of esters is 1. The van der Waals surface area contributed by atoms with Gasteiger partial charge in [-0.3, -0.25) is 0 Å². The van der Waals surface area contributed by atoms with Crippen LogP contribution >= 0.6 is 0 Å². The molecule has 3 heteroatoms. The van der Waals surface area contributed by atoms with Crippen molar-refractivity contribution >= 4 is 5.97 Å². The summed E-state index contributed by atoms with van der Waals surface area (Å²) in [6.07, 6.45) is 0. The van der Waals surface area contributed by atoms with Crippen molar-refractivity contribution in [2.75, 3.05) is 0 Å². The van der Waals surface area contributed by atoms with Crippen LogP contribution in [-0.2, 0) is 11.3 Å². The van der Waals surface area contributed by atoms with Crippen LogP contribution in [-0.4, -0.2) is 5.97 Å². The van der Waals surface area contributed by atoms with Crippen LogP contribution in [0.3, 0.4) is 0 Å². The van der Waals surface area contributed by atoms with E-state index in [9.17, 15) is 4.79 Å². The van der Waals surface area contributed by atoms with Gasteiger partial charge in [0, 0.05) is 5.56 Å². The van der Waals surface area contributed by atoms with Crippen molar-refractivity contribution < 1.29 is 9.53 Å². The largest absolute Gasteiger partial charge is 0.457 e. The highest BCUT2D eigenvalue weighted by Crippen LogP contribution is 2.27.